The molecule has 1 aromatic rings. The van der Waals surface area contributed by atoms with Crippen LogP contribution in [0.1, 0.15) is 12.8 Å². The SMILES string of the molecule is NCCCC(=O)NCC(=O)NC[C@H](NS(=O)(=O)c1ccccc1)C(=O)O. The number of nitrogens with two attached hydrogens (primary N) is 1. The van der Waals surface area contributed by atoms with Crippen molar-refractivity contribution in [1.29, 1.82) is 0 Å². The molecule has 6 N–H and O–H groups in total. The molecule has 11 heteroatoms. The van der Waals surface area contributed by atoms with Crippen molar-refractivity contribution >= 4 is 27.8 Å². The fraction of sp³-hybridized carbons (Fsp3) is 0.400. The zero-order valence-electron chi connectivity index (χ0n) is 14.0. The number of sulfonamides is 1. The molecule has 0 radical (unpaired) electrons. The zero-order chi connectivity index (χ0) is 19.6. The number of amides is 2. The summed E-state index contributed by atoms with van der Waals surface area (Å²) in [5, 5.41) is 13.8. The summed E-state index contributed by atoms with van der Waals surface area (Å²) in [6.07, 6.45) is 0.661. The molecule has 0 spiro atoms. The number of carbonyl (C=O) groups is 3. The summed E-state index contributed by atoms with van der Waals surface area (Å²) in [5.74, 6) is -2.45. The van der Waals surface area contributed by atoms with Crippen molar-refractivity contribution in [2.24, 2.45) is 5.73 Å². The van der Waals surface area contributed by atoms with E-state index in [0.717, 1.165) is 0 Å². The number of rotatable bonds is 11. The lowest BCUT2D eigenvalue weighted by atomic mass is 10.3. The number of carbonyl (C=O) groups excluding carboxylic acids is 2. The minimum atomic E-state index is -4.05. The summed E-state index contributed by atoms with van der Waals surface area (Å²) in [7, 11) is -4.05. The van der Waals surface area contributed by atoms with Gasteiger partial charge in [-0.1, -0.05) is 18.2 Å². The molecule has 2 amide bonds. The normalized spacial score (nSPS) is 12.2. The number of benzene rings is 1. The number of hydrogen-bond acceptors (Lipinski definition) is 6. The molecular weight excluding hydrogens is 364 g/mol. The van der Waals surface area contributed by atoms with Crippen LogP contribution in [-0.2, 0) is 24.4 Å². The largest absolute Gasteiger partial charge is 0.480 e. The van der Waals surface area contributed by atoms with E-state index >= 15 is 0 Å². The Hall–Kier alpha value is -2.50. The van der Waals surface area contributed by atoms with E-state index in [2.05, 4.69) is 10.6 Å². The average Bonchev–Trinajstić information content (AvgIpc) is 2.62. The highest BCUT2D eigenvalue weighted by Crippen LogP contribution is 2.07. The van der Waals surface area contributed by atoms with Crippen molar-refractivity contribution < 1.29 is 27.9 Å². The smallest absolute Gasteiger partial charge is 0.323 e. The molecule has 144 valence electrons. The molecule has 0 fully saturated rings. The Morgan fingerprint density at radius 3 is 2.31 bits per heavy atom. The van der Waals surface area contributed by atoms with Crippen molar-refractivity contribution in [3.8, 4) is 0 Å². The second-order valence-corrected chi connectivity index (χ2v) is 7.01. The fourth-order valence-electron chi connectivity index (χ4n) is 1.84. The highest BCUT2D eigenvalue weighted by molar-refractivity contribution is 7.89. The maximum atomic E-state index is 12.2. The quantitative estimate of drug-likeness (QED) is 0.305. The molecule has 1 aromatic carbocycles. The maximum absolute atomic E-state index is 12.2. The Balaban J connectivity index is 2.55. The third-order valence-electron chi connectivity index (χ3n) is 3.21. The highest BCUT2D eigenvalue weighted by Gasteiger charge is 2.25. The van der Waals surface area contributed by atoms with E-state index in [-0.39, 0.29) is 23.8 Å². The number of aliphatic carboxylic acids is 1. The third-order valence-corrected chi connectivity index (χ3v) is 4.69. The van der Waals surface area contributed by atoms with Crippen LogP contribution in [0.5, 0.6) is 0 Å². The molecule has 0 unspecified atom stereocenters. The van der Waals surface area contributed by atoms with Gasteiger partial charge in [-0.2, -0.15) is 4.72 Å². The molecule has 0 aromatic heterocycles. The lowest BCUT2D eigenvalue weighted by Crippen LogP contribution is -2.49. The van der Waals surface area contributed by atoms with E-state index in [0.29, 0.717) is 13.0 Å². The lowest BCUT2D eigenvalue weighted by molar-refractivity contribution is -0.139. The predicted molar refractivity (Wildman–Crippen MR) is 92.5 cm³/mol. The topological polar surface area (TPSA) is 168 Å². The Bertz CT molecular complexity index is 723. The Labute approximate surface area is 151 Å². The molecule has 1 atom stereocenters. The van der Waals surface area contributed by atoms with Crippen LogP contribution in [0.3, 0.4) is 0 Å². The highest BCUT2D eigenvalue weighted by atomic mass is 32.2. The van der Waals surface area contributed by atoms with Gasteiger partial charge in [-0.25, -0.2) is 8.42 Å². The van der Waals surface area contributed by atoms with Crippen molar-refractivity contribution in [2.75, 3.05) is 19.6 Å². The molecular formula is C15H22N4O6S. The van der Waals surface area contributed by atoms with Crippen molar-refractivity contribution in [3.05, 3.63) is 30.3 Å². The third kappa shape index (κ3) is 7.59. The zero-order valence-corrected chi connectivity index (χ0v) is 14.8. The van der Waals surface area contributed by atoms with E-state index in [1.54, 1.807) is 6.07 Å². The molecule has 0 aliphatic carbocycles. The maximum Gasteiger partial charge on any atom is 0.323 e. The summed E-state index contributed by atoms with van der Waals surface area (Å²) in [4.78, 5) is 34.2. The fourth-order valence-corrected chi connectivity index (χ4v) is 3.05. The number of carboxylic acid groups (broad SMARTS) is 1. The average molecular weight is 386 g/mol. The van der Waals surface area contributed by atoms with Gasteiger partial charge in [0.25, 0.3) is 0 Å². The summed E-state index contributed by atoms with van der Waals surface area (Å²) >= 11 is 0. The summed E-state index contributed by atoms with van der Waals surface area (Å²) in [5.41, 5.74) is 5.26. The predicted octanol–water partition coefficient (Wildman–Crippen LogP) is -1.61. The van der Waals surface area contributed by atoms with Crippen LogP contribution in [0.15, 0.2) is 35.2 Å². The van der Waals surface area contributed by atoms with Gasteiger partial charge in [0.15, 0.2) is 0 Å². The molecule has 0 aliphatic heterocycles. The van der Waals surface area contributed by atoms with Crippen LogP contribution in [0.2, 0.25) is 0 Å². The van der Waals surface area contributed by atoms with Crippen LogP contribution in [0.25, 0.3) is 0 Å². The number of nitrogens with one attached hydrogen (secondary N) is 3. The molecule has 0 bridgehead atoms. The molecule has 0 heterocycles. The van der Waals surface area contributed by atoms with Crippen LogP contribution < -0.4 is 21.1 Å². The van der Waals surface area contributed by atoms with Gasteiger partial charge in [0.1, 0.15) is 6.04 Å². The van der Waals surface area contributed by atoms with Gasteiger partial charge in [0.2, 0.25) is 21.8 Å². The molecule has 0 saturated carbocycles. The minimum absolute atomic E-state index is 0.0928. The van der Waals surface area contributed by atoms with Crippen LogP contribution in [0, 0.1) is 0 Å². The molecule has 0 saturated heterocycles. The molecule has 0 aliphatic rings. The first-order chi connectivity index (χ1) is 12.3. The summed E-state index contributed by atoms with van der Waals surface area (Å²) in [6.45, 7) is -0.471. The first-order valence-electron chi connectivity index (χ1n) is 7.80. The second-order valence-electron chi connectivity index (χ2n) is 5.30. The molecule has 1 rings (SSSR count). The second kappa shape index (κ2) is 10.5. The van der Waals surface area contributed by atoms with E-state index < -0.39 is 34.5 Å². The van der Waals surface area contributed by atoms with Crippen LogP contribution >= 0.6 is 0 Å². The van der Waals surface area contributed by atoms with Crippen LogP contribution in [-0.4, -0.2) is 57.0 Å². The first kappa shape index (κ1) is 21.5. The van der Waals surface area contributed by atoms with Gasteiger partial charge >= 0.3 is 5.97 Å². The van der Waals surface area contributed by atoms with Crippen molar-refractivity contribution in [1.82, 2.24) is 15.4 Å². The van der Waals surface area contributed by atoms with E-state index in [4.69, 9.17) is 10.8 Å². The Kier molecular flexibility index (Phi) is 8.68. The van der Waals surface area contributed by atoms with E-state index in [9.17, 15) is 22.8 Å². The van der Waals surface area contributed by atoms with Gasteiger partial charge in [-0.05, 0) is 25.1 Å². The Morgan fingerprint density at radius 1 is 1.08 bits per heavy atom. The van der Waals surface area contributed by atoms with Gasteiger partial charge < -0.3 is 21.5 Å². The van der Waals surface area contributed by atoms with E-state index in [1.807, 2.05) is 4.72 Å². The standard InChI is InChI=1S/C15H22N4O6S/c16-8-4-7-13(20)18-10-14(21)17-9-12(15(22)23)19-26(24,25)11-5-2-1-3-6-11/h1-3,5-6,12,19H,4,7-10,16H2,(H,17,21)(H,18,20)(H,22,23)/t12-/m0/s1. The monoisotopic (exact) mass is 386 g/mol. The van der Waals surface area contributed by atoms with E-state index in [1.165, 1.54) is 24.3 Å². The van der Waals surface area contributed by atoms with Gasteiger partial charge in [0.05, 0.1) is 11.4 Å². The van der Waals surface area contributed by atoms with Crippen LogP contribution in [0.4, 0.5) is 0 Å². The van der Waals surface area contributed by atoms with Crippen molar-refractivity contribution in [2.45, 2.75) is 23.8 Å². The Morgan fingerprint density at radius 2 is 1.73 bits per heavy atom. The number of carboxylic acids is 1. The molecule has 10 nitrogen and oxygen atoms in total. The van der Waals surface area contributed by atoms with Crippen molar-refractivity contribution in [3.63, 3.8) is 0 Å². The first-order valence-corrected chi connectivity index (χ1v) is 9.28. The van der Waals surface area contributed by atoms with Gasteiger partial charge in [-0.3, -0.25) is 14.4 Å². The lowest BCUT2D eigenvalue weighted by Gasteiger charge is -2.15. The minimum Gasteiger partial charge on any atom is -0.480 e. The summed E-state index contributed by atoms with van der Waals surface area (Å²) in [6, 6.07) is 5.69. The number of hydrogen-bond donors (Lipinski definition) is 5. The molecule has 26 heavy (non-hydrogen) atoms. The van der Waals surface area contributed by atoms with Gasteiger partial charge in [-0.15, -0.1) is 0 Å². The summed E-state index contributed by atoms with van der Waals surface area (Å²) < 4.78 is 26.3. The van der Waals surface area contributed by atoms with Gasteiger partial charge in [0, 0.05) is 13.0 Å².